The Balaban J connectivity index is 1.94. The van der Waals surface area contributed by atoms with Crippen molar-refractivity contribution >= 4 is 22.7 Å². The minimum atomic E-state index is -2.85. The van der Waals surface area contributed by atoms with E-state index in [2.05, 4.69) is 91.0 Å². The molecule has 0 aromatic heterocycles. The van der Waals surface area contributed by atoms with Crippen molar-refractivity contribution in [2.24, 2.45) is 5.92 Å². The molecule has 1 nitrogen and oxygen atoms in total. The third-order valence-electron chi connectivity index (χ3n) is 5.88. The quantitative estimate of drug-likeness (QED) is 0.662. The normalized spacial score (nSPS) is 27.6. The second-order valence-electron chi connectivity index (χ2n) is 6.97. The first kappa shape index (κ1) is 14.4. The summed E-state index contributed by atoms with van der Waals surface area (Å²) in [4.78, 5) is 0. The van der Waals surface area contributed by atoms with E-state index in [1.165, 1.54) is 22.3 Å². The molecule has 1 aliphatic heterocycles. The fourth-order valence-corrected chi connectivity index (χ4v) is 11.8. The second kappa shape index (κ2) is 5.02. The molecule has 2 fully saturated rings. The monoisotopic (exact) mass is 332 g/mol. The summed E-state index contributed by atoms with van der Waals surface area (Å²) in [5.41, 5.74) is 0.628. The maximum atomic E-state index is 6.98. The summed E-state index contributed by atoms with van der Waals surface area (Å²) in [6, 6.07) is 33.0. The van der Waals surface area contributed by atoms with Crippen molar-refractivity contribution in [1.29, 1.82) is 0 Å². The molecular formula is C22H21OP. The first-order chi connectivity index (χ1) is 11.9. The van der Waals surface area contributed by atoms with E-state index in [0.29, 0.717) is 11.6 Å². The van der Waals surface area contributed by atoms with Gasteiger partial charge in [0.1, 0.15) is 0 Å². The Labute approximate surface area is 143 Å². The van der Waals surface area contributed by atoms with Crippen LogP contribution in [0.5, 0.6) is 0 Å². The topological polar surface area (TPSA) is 9.23 Å². The molecule has 1 saturated carbocycles. The molecule has 1 heterocycles. The van der Waals surface area contributed by atoms with Crippen molar-refractivity contribution in [3.8, 4) is 0 Å². The van der Waals surface area contributed by atoms with Crippen LogP contribution in [0.4, 0.5) is 0 Å². The molecule has 3 aromatic carbocycles. The van der Waals surface area contributed by atoms with E-state index in [4.69, 9.17) is 4.52 Å². The van der Waals surface area contributed by atoms with Crippen LogP contribution in [0.3, 0.4) is 0 Å². The van der Waals surface area contributed by atoms with Crippen LogP contribution in [-0.4, -0.2) is 12.3 Å². The molecule has 0 spiro atoms. The van der Waals surface area contributed by atoms with Crippen LogP contribution >= 0.6 is 6.83 Å². The van der Waals surface area contributed by atoms with E-state index >= 15 is 0 Å². The zero-order valence-electron chi connectivity index (χ0n) is 13.6. The maximum absolute atomic E-state index is 6.98. The molecule has 0 unspecified atom stereocenters. The number of hydrogen-bond donors (Lipinski definition) is 0. The van der Waals surface area contributed by atoms with Crippen molar-refractivity contribution < 1.29 is 4.52 Å². The minimum absolute atomic E-state index is 0.628. The van der Waals surface area contributed by atoms with E-state index in [1.807, 2.05) is 0 Å². The Morgan fingerprint density at radius 1 is 0.625 bits per heavy atom. The molecule has 0 radical (unpaired) electrons. The van der Waals surface area contributed by atoms with E-state index < -0.39 is 6.83 Å². The van der Waals surface area contributed by atoms with Gasteiger partial charge in [-0.05, 0) is 0 Å². The second-order valence-corrected chi connectivity index (χ2v) is 11.6. The van der Waals surface area contributed by atoms with E-state index in [-0.39, 0.29) is 0 Å². The number of benzene rings is 3. The van der Waals surface area contributed by atoms with Crippen LogP contribution in [-0.2, 0) is 4.52 Å². The number of rotatable bonds is 3. The molecular weight excluding hydrogens is 311 g/mol. The van der Waals surface area contributed by atoms with E-state index in [0.717, 1.165) is 6.61 Å². The number of hydrogen-bond acceptors (Lipinski definition) is 1. The van der Waals surface area contributed by atoms with Gasteiger partial charge in [0, 0.05) is 0 Å². The van der Waals surface area contributed by atoms with Crippen LogP contribution in [0, 0.1) is 5.92 Å². The number of fused-ring (bicyclic) bond motifs is 1. The average molecular weight is 332 g/mol. The molecule has 1 saturated heterocycles. The molecule has 2 atom stereocenters. The van der Waals surface area contributed by atoms with Gasteiger partial charge in [-0.2, -0.15) is 0 Å². The van der Waals surface area contributed by atoms with Crippen LogP contribution < -0.4 is 15.9 Å². The van der Waals surface area contributed by atoms with Gasteiger partial charge in [0.15, 0.2) is 0 Å². The van der Waals surface area contributed by atoms with Gasteiger partial charge >= 0.3 is 143 Å². The molecule has 0 amide bonds. The molecule has 1 aliphatic carbocycles. The Morgan fingerprint density at radius 3 is 1.33 bits per heavy atom. The third kappa shape index (κ3) is 1.62. The van der Waals surface area contributed by atoms with Gasteiger partial charge in [-0.1, -0.05) is 0 Å². The molecule has 0 bridgehead atoms. The zero-order valence-corrected chi connectivity index (χ0v) is 14.5. The Morgan fingerprint density at radius 2 is 1.04 bits per heavy atom. The summed E-state index contributed by atoms with van der Waals surface area (Å²) in [7, 11) is 0. The van der Waals surface area contributed by atoms with Crippen LogP contribution in [0.25, 0.3) is 0 Å². The van der Waals surface area contributed by atoms with Crippen molar-refractivity contribution in [3.63, 3.8) is 0 Å². The Hall–Kier alpha value is -1.95. The predicted octanol–water partition coefficient (Wildman–Crippen LogP) is 3.85. The summed E-state index contributed by atoms with van der Waals surface area (Å²) in [5.74, 6) is 0.711. The summed E-state index contributed by atoms with van der Waals surface area (Å²) in [6.45, 7) is -1.96. The molecule has 5 rings (SSSR count). The van der Waals surface area contributed by atoms with Crippen molar-refractivity contribution in [3.05, 3.63) is 91.0 Å². The summed E-state index contributed by atoms with van der Waals surface area (Å²) in [5, 5.41) is 4.14. The van der Waals surface area contributed by atoms with Crippen molar-refractivity contribution in [1.82, 2.24) is 0 Å². The van der Waals surface area contributed by atoms with Gasteiger partial charge in [-0.3, -0.25) is 0 Å². The van der Waals surface area contributed by atoms with E-state index in [1.54, 1.807) is 0 Å². The van der Waals surface area contributed by atoms with Crippen LogP contribution in [0.2, 0.25) is 0 Å². The first-order valence-electron chi connectivity index (χ1n) is 8.69. The fourth-order valence-electron chi connectivity index (χ4n) is 4.78. The predicted molar refractivity (Wildman–Crippen MR) is 103 cm³/mol. The van der Waals surface area contributed by atoms with Gasteiger partial charge in [0.05, 0.1) is 0 Å². The zero-order chi connectivity index (χ0) is 16.1. The third-order valence-corrected chi connectivity index (χ3v) is 12.4. The van der Waals surface area contributed by atoms with Gasteiger partial charge < -0.3 is 0 Å². The molecule has 2 heteroatoms. The van der Waals surface area contributed by atoms with Gasteiger partial charge in [-0.15, -0.1) is 0 Å². The molecule has 2 aliphatic rings. The summed E-state index contributed by atoms with van der Waals surface area (Å²) < 4.78 is 6.98. The molecule has 0 N–H and O–H groups in total. The summed E-state index contributed by atoms with van der Waals surface area (Å²) in [6.07, 6.45) is 1.29. The average Bonchev–Trinajstić information content (AvgIpc) is 3.39. The van der Waals surface area contributed by atoms with E-state index in [9.17, 15) is 0 Å². The fraction of sp³-hybridized carbons (Fsp3) is 0.182. The van der Waals surface area contributed by atoms with Gasteiger partial charge in [0.25, 0.3) is 0 Å². The van der Waals surface area contributed by atoms with Crippen molar-refractivity contribution in [2.45, 2.75) is 12.1 Å². The van der Waals surface area contributed by atoms with Crippen LogP contribution in [0.1, 0.15) is 6.42 Å². The standard InChI is InChI=1S/C22H21OP/c1-4-10-19(11-5-1)24(20-12-6-2-7-13-20,21-14-8-3-9-15-21)22-16-18(22)17-23-24/h1-15,18,22H,16-17H2/t18-,22+/m0/s1. The Kier molecular flexibility index (Phi) is 3.01. The molecule has 24 heavy (non-hydrogen) atoms. The SMILES string of the molecule is c1ccc(P2(c3ccccc3)(c3ccccc3)OC[C@@H]3C[C@H]32)cc1. The first-order valence-corrected chi connectivity index (χ1v) is 10.9. The Bertz CT molecular complexity index is 761. The van der Waals surface area contributed by atoms with Crippen LogP contribution in [0.15, 0.2) is 91.0 Å². The summed E-state index contributed by atoms with van der Waals surface area (Å²) >= 11 is 0. The molecule has 3 aromatic rings. The van der Waals surface area contributed by atoms with Gasteiger partial charge in [0.2, 0.25) is 0 Å². The molecule has 120 valence electrons. The van der Waals surface area contributed by atoms with Gasteiger partial charge in [-0.25, -0.2) is 0 Å². The van der Waals surface area contributed by atoms with Crippen molar-refractivity contribution in [2.75, 3.05) is 6.61 Å².